The normalized spacial score (nSPS) is 11.7. The van der Waals surface area contributed by atoms with Gasteiger partial charge in [-0.05, 0) is 77.4 Å². The van der Waals surface area contributed by atoms with Crippen LogP contribution in [0, 0.1) is 0 Å². The van der Waals surface area contributed by atoms with E-state index in [1.54, 1.807) is 0 Å². The van der Waals surface area contributed by atoms with Crippen LogP contribution in [-0.4, -0.2) is 84.3 Å². The summed E-state index contributed by atoms with van der Waals surface area (Å²) >= 11 is 0. The Kier molecular flexibility index (Phi) is 36.1. The van der Waals surface area contributed by atoms with E-state index in [4.69, 9.17) is 0 Å². The van der Waals surface area contributed by atoms with Crippen molar-refractivity contribution in [1.82, 2.24) is 25.8 Å². The van der Waals surface area contributed by atoms with Crippen LogP contribution in [0.5, 0.6) is 0 Å². The smallest absolute Gasteiger partial charge is 0.234 e. The molecule has 0 aliphatic rings. The molecule has 0 aromatic rings. The molecular formula is C40H83N5O3. The van der Waals surface area contributed by atoms with Crippen molar-refractivity contribution in [2.45, 2.75) is 195 Å². The van der Waals surface area contributed by atoms with Gasteiger partial charge in [0.2, 0.25) is 11.8 Å². The van der Waals surface area contributed by atoms with Gasteiger partial charge in [-0.1, -0.05) is 124 Å². The van der Waals surface area contributed by atoms with Crippen LogP contribution in [-0.2, 0) is 9.59 Å². The van der Waals surface area contributed by atoms with Crippen molar-refractivity contribution < 1.29 is 14.7 Å². The third-order valence-corrected chi connectivity index (χ3v) is 9.43. The Hall–Kier alpha value is -1.22. The molecule has 0 unspecified atom stereocenters. The van der Waals surface area contributed by atoms with Crippen LogP contribution in [0.2, 0.25) is 0 Å². The van der Waals surface area contributed by atoms with Crippen LogP contribution in [0.15, 0.2) is 0 Å². The summed E-state index contributed by atoms with van der Waals surface area (Å²) in [6, 6.07) is 0. The minimum Gasteiger partial charge on any atom is -0.396 e. The van der Waals surface area contributed by atoms with Crippen LogP contribution in [0.4, 0.5) is 0 Å². The third-order valence-electron chi connectivity index (χ3n) is 9.43. The lowest BCUT2D eigenvalue weighted by molar-refractivity contribution is -0.126. The largest absolute Gasteiger partial charge is 0.396 e. The van der Waals surface area contributed by atoms with Gasteiger partial charge in [0, 0.05) is 45.6 Å². The summed E-state index contributed by atoms with van der Waals surface area (Å²) in [5.74, 6) is 0.340. The highest BCUT2D eigenvalue weighted by atomic mass is 16.3. The van der Waals surface area contributed by atoms with E-state index in [1.807, 2.05) is 0 Å². The van der Waals surface area contributed by atoms with E-state index in [2.05, 4.69) is 53.5 Å². The summed E-state index contributed by atoms with van der Waals surface area (Å²) in [6.45, 7) is 16.1. The number of aliphatic hydroxyl groups is 1. The first kappa shape index (κ1) is 46.8. The number of hydrogen-bond acceptors (Lipinski definition) is 6. The molecule has 286 valence electrons. The number of carbonyl (C=O) groups excluding carboxylic acids is 2. The Bertz CT molecular complexity index is 696. The van der Waals surface area contributed by atoms with Gasteiger partial charge in [0.25, 0.3) is 0 Å². The molecule has 48 heavy (non-hydrogen) atoms. The number of amides is 2. The fourth-order valence-electron chi connectivity index (χ4n) is 6.25. The molecule has 8 nitrogen and oxygen atoms in total. The molecule has 0 atom stereocenters. The van der Waals surface area contributed by atoms with Gasteiger partial charge >= 0.3 is 0 Å². The number of hydrazine groups is 2. The summed E-state index contributed by atoms with van der Waals surface area (Å²) in [6.07, 6.45) is 29.4. The van der Waals surface area contributed by atoms with E-state index in [0.717, 1.165) is 116 Å². The average molecular weight is 682 g/mol. The van der Waals surface area contributed by atoms with Crippen LogP contribution in [0.25, 0.3) is 0 Å². The number of nitrogens with one attached hydrogen (secondary N) is 2. The van der Waals surface area contributed by atoms with E-state index < -0.39 is 0 Å². The van der Waals surface area contributed by atoms with Gasteiger partial charge in [-0.3, -0.25) is 20.4 Å². The second-order valence-corrected chi connectivity index (χ2v) is 14.1. The molecule has 3 N–H and O–H groups in total. The number of rotatable bonds is 38. The van der Waals surface area contributed by atoms with E-state index in [9.17, 15) is 14.7 Å². The fourth-order valence-corrected chi connectivity index (χ4v) is 6.25. The van der Waals surface area contributed by atoms with Crippen molar-refractivity contribution in [1.29, 1.82) is 0 Å². The number of carbonyl (C=O) groups is 2. The summed E-state index contributed by atoms with van der Waals surface area (Å²) in [5.41, 5.74) is 6.34. The predicted molar refractivity (Wildman–Crippen MR) is 206 cm³/mol. The lowest BCUT2D eigenvalue weighted by atomic mass is 10.1. The van der Waals surface area contributed by atoms with Crippen molar-refractivity contribution in [2.24, 2.45) is 0 Å². The van der Waals surface area contributed by atoms with Gasteiger partial charge in [-0.2, -0.15) is 0 Å². The maximum atomic E-state index is 12.8. The topological polar surface area (TPSA) is 88.1 Å². The molecule has 0 spiro atoms. The fraction of sp³-hybridized carbons (Fsp3) is 0.950. The molecule has 0 radical (unpaired) electrons. The molecule has 0 bridgehead atoms. The number of hydrogen-bond donors (Lipinski definition) is 3. The van der Waals surface area contributed by atoms with Crippen LogP contribution in [0.1, 0.15) is 195 Å². The highest BCUT2D eigenvalue weighted by molar-refractivity contribution is 5.75. The maximum Gasteiger partial charge on any atom is 0.234 e. The highest BCUT2D eigenvalue weighted by Crippen LogP contribution is 2.11. The molecule has 0 aromatic carbocycles. The second-order valence-electron chi connectivity index (χ2n) is 14.1. The molecule has 0 aliphatic carbocycles. The average Bonchev–Trinajstić information content (AvgIpc) is 3.08. The molecule has 0 rings (SSSR count). The van der Waals surface area contributed by atoms with E-state index in [-0.39, 0.29) is 18.4 Å². The molecule has 0 saturated carbocycles. The molecule has 2 amide bonds. The summed E-state index contributed by atoms with van der Waals surface area (Å²) in [5, 5.41) is 13.5. The van der Waals surface area contributed by atoms with Gasteiger partial charge in [0.05, 0.1) is 0 Å². The zero-order valence-electron chi connectivity index (χ0n) is 32.6. The number of unbranched alkanes of at least 4 members (excludes halogenated alkanes) is 18. The Morgan fingerprint density at radius 3 is 1.21 bits per heavy atom. The van der Waals surface area contributed by atoms with E-state index >= 15 is 0 Å². The first-order valence-electron chi connectivity index (χ1n) is 20.9. The highest BCUT2D eigenvalue weighted by Gasteiger charge is 2.11. The molecule has 0 fully saturated rings. The summed E-state index contributed by atoms with van der Waals surface area (Å²) in [4.78, 5) is 27.7. The minimum absolute atomic E-state index is 0.153. The van der Waals surface area contributed by atoms with Crippen molar-refractivity contribution in [3.8, 4) is 0 Å². The van der Waals surface area contributed by atoms with Crippen molar-refractivity contribution >= 4 is 11.8 Å². The van der Waals surface area contributed by atoms with Gasteiger partial charge in [-0.25, -0.2) is 10.0 Å². The molecule has 0 aromatic heterocycles. The first-order valence-corrected chi connectivity index (χ1v) is 20.9. The molecule has 0 heterocycles. The standard InChI is InChI=1S/C40H83N5O3/c1-5-9-12-14-18-27-37-45(36-26-17-13-10-6-2)42-40(48)31-22-16-20-25-33-43(34-28-29-38-46)32-24-19-15-21-30-39(47)41-44(8-4)35-23-11-7-3/h46H,5-38H2,1-4H3,(H,41,47)(H,42,48). The Labute approximate surface area is 298 Å². The first-order chi connectivity index (χ1) is 23.5. The minimum atomic E-state index is 0.153. The van der Waals surface area contributed by atoms with Crippen molar-refractivity contribution in [3.05, 3.63) is 0 Å². The second kappa shape index (κ2) is 37.0. The molecular weight excluding hydrogens is 598 g/mol. The predicted octanol–water partition coefficient (Wildman–Crippen LogP) is 9.17. The Morgan fingerprint density at radius 2 is 0.750 bits per heavy atom. The molecule has 0 saturated heterocycles. The van der Waals surface area contributed by atoms with E-state index in [0.29, 0.717) is 12.8 Å². The van der Waals surface area contributed by atoms with Gasteiger partial charge in [0.1, 0.15) is 0 Å². The third kappa shape index (κ3) is 32.0. The zero-order valence-corrected chi connectivity index (χ0v) is 32.6. The SMILES string of the molecule is CCCCCCCCN(CCCCCCC)NC(=O)CCCCCCN(CCCCO)CCCCCCC(=O)NN(CC)CCCCC. The maximum absolute atomic E-state index is 12.8. The lowest BCUT2D eigenvalue weighted by Gasteiger charge is -2.23. The lowest BCUT2D eigenvalue weighted by Crippen LogP contribution is -2.43. The quantitative estimate of drug-likeness (QED) is 0.0445. The summed E-state index contributed by atoms with van der Waals surface area (Å²) in [7, 11) is 0. The number of aliphatic hydroxyl groups excluding tert-OH is 1. The van der Waals surface area contributed by atoms with Crippen molar-refractivity contribution in [2.75, 3.05) is 52.4 Å². The Morgan fingerprint density at radius 1 is 0.417 bits per heavy atom. The van der Waals surface area contributed by atoms with Crippen LogP contribution < -0.4 is 10.9 Å². The molecule has 8 heteroatoms. The van der Waals surface area contributed by atoms with Crippen molar-refractivity contribution in [3.63, 3.8) is 0 Å². The Balaban J connectivity index is 4.26. The van der Waals surface area contributed by atoms with Crippen LogP contribution in [0.3, 0.4) is 0 Å². The van der Waals surface area contributed by atoms with Gasteiger partial charge in [-0.15, -0.1) is 0 Å². The van der Waals surface area contributed by atoms with E-state index in [1.165, 1.54) is 83.5 Å². The van der Waals surface area contributed by atoms with Crippen LogP contribution >= 0.6 is 0 Å². The molecule has 0 aliphatic heterocycles. The van der Waals surface area contributed by atoms with Gasteiger partial charge in [0.15, 0.2) is 0 Å². The zero-order chi connectivity index (χ0) is 35.3. The summed E-state index contributed by atoms with van der Waals surface area (Å²) < 4.78 is 0. The van der Waals surface area contributed by atoms with Gasteiger partial charge < -0.3 is 10.0 Å². The monoisotopic (exact) mass is 682 g/mol. The number of nitrogens with zero attached hydrogens (tertiary/aromatic N) is 3.